The molecule has 0 unspecified atom stereocenters. The molecule has 1 aromatic heterocycles. The Hall–Kier alpha value is -1.77. The molecule has 3 nitrogen and oxygen atoms in total. The number of rotatable bonds is 4. The predicted octanol–water partition coefficient (Wildman–Crippen LogP) is 4.64. The molecule has 0 radical (unpaired) electrons. The second-order valence-corrected chi connectivity index (χ2v) is 5.71. The summed E-state index contributed by atoms with van der Waals surface area (Å²) in [4.78, 5) is 4.34. The van der Waals surface area contributed by atoms with E-state index in [0.29, 0.717) is 5.89 Å². The van der Waals surface area contributed by atoms with Crippen LogP contribution in [0.25, 0.3) is 11.3 Å². The van der Waals surface area contributed by atoms with Crippen LogP contribution < -0.4 is 5.32 Å². The second kappa shape index (κ2) is 6.12. The maximum Gasteiger partial charge on any atom is 0.191 e. The van der Waals surface area contributed by atoms with E-state index >= 15 is 0 Å². The molecule has 1 saturated carbocycles. The van der Waals surface area contributed by atoms with Crippen molar-refractivity contribution in [3.63, 3.8) is 0 Å². The number of nitrogens with zero attached hydrogens (tertiary/aromatic N) is 1. The highest BCUT2D eigenvalue weighted by atomic mass is 16.3. The zero-order chi connectivity index (χ0) is 13.8. The molecule has 1 heterocycles. The fourth-order valence-electron chi connectivity index (χ4n) is 2.91. The molecule has 3 heteroatoms. The van der Waals surface area contributed by atoms with Crippen molar-refractivity contribution in [3.05, 3.63) is 36.4 Å². The van der Waals surface area contributed by atoms with Crippen molar-refractivity contribution >= 4 is 5.69 Å². The van der Waals surface area contributed by atoms with Crippen LogP contribution in [0.3, 0.4) is 0 Å². The van der Waals surface area contributed by atoms with Crippen LogP contribution in [-0.4, -0.2) is 11.5 Å². The highest BCUT2D eigenvalue weighted by molar-refractivity contribution is 5.61. The summed E-state index contributed by atoms with van der Waals surface area (Å²) in [5.74, 6) is 1.56. The lowest BCUT2D eigenvalue weighted by atomic mass is 9.89. The highest BCUT2D eigenvalue weighted by Gasteiger charge is 2.12. The molecule has 1 fully saturated rings. The van der Waals surface area contributed by atoms with Crippen LogP contribution in [0, 0.1) is 12.8 Å². The van der Waals surface area contributed by atoms with Crippen molar-refractivity contribution in [1.29, 1.82) is 0 Å². The van der Waals surface area contributed by atoms with Gasteiger partial charge >= 0.3 is 0 Å². The van der Waals surface area contributed by atoms with Gasteiger partial charge in [-0.15, -0.1) is 0 Å². The van der Waals surface area contributed by atoms with Crippen LogP contribution in [0.1, 0.15) is 38.0 Å². The highest BCUT2D eigenvalue weighted by Crippen LogP contribution is 2.25. The average molecular weight is 270 g/mol. The number of aromatic nitrogens is 1. The number of hydrogen-bond acceptors (Lipinski definition) is 3. The Morgan fingerprint density at radius 3 is 2.55 bits per heavy atom. The molecule has 20 heavy (non-hydrogen) atoms. The summed E-state index contributed by atoms with van der Waals surface area (Å²) in [5.41, 5.74) is 3.20. The first-order valence-corrected chi connectivity index (χ1v) is 7.58. The summed E-state index contributed by atoms with van der Waals surface area (Å²) in [6.45, 7) is 2.96. The summed E-state index contributed by atoms with van der Waals surface area (Å²) >= 11 is 0. The van der Waals surface area contributed by atoms with Crippen LogP contribution in [0.15, 0.2) is 34.9 Å². The largest absolute Gasteiger partial charge is 0.449 e. The van der Waals surface area contributed by atoms with Gasteiger partial charge in [-0.05, 0) is 30.9 Å². The van der Waals surface area contributed by atoms with E-state index in [1.807, 2.05) is 6.92 Å². The Bertz CT molecular complexity index is 538. The van der Waals surface area contributed by atoms with Gasteiger partial charge in [0.1, 0.15) is 12.0 Å². The van der Waals surface area contributed by atoms with Gasteiger partial charge in [0.15, 0.2) is 5.89 Å². The number of benzene rings is 1. The minimum absolute atomic E-state index is 0.708. The van der Waals surface area contributed by atoms with Crippen LogP contribution in [0.5, 0.6) is 0 Å². The van der Waals surface area contributed by atoms with Crippen LogP contribution in [-0.2, 0) is 0 Å². The van der Waals surface area contributed by atoms with Crippen LogP contribution in [0.4, 0.5) is 5.69 Å². The lowest BCUT2D eigenvalue weighted by Gasteiger charge is -2.22. The summed E-state index contributed by atoms with van der Waals surface area (Å²) < 4.78 is 5.25. The zero-order valence-corrected chi connectivity index (χ0v) is 12.1. The molecule has 3 rings (SSSR count). The molecule has 0 saturated heterocycles. The molecule has 106 valence electrons. The summed E-state index contributed by atoms with van der Waals surface area (Å²) in [5, 5.41) is 3.55. The van der Waals surface area contributed by atoms with Gasteiger partial charge < -0.3 is 9.73 Å². The number of anilines is 1. The van der Waals surface area contributed by atoms with Crippen molar-refractivity contribution in [1.82, 2.24) is 4.98 Å². The third-order valence-corrected chi connectivity index (χ3v) is 4.12. The van der Waals surface area contributed by atoms with Crippen LogP contribution >= 0.6 is 0 Å². The smallest absolute Gasteiger partial charge is 0.191 e. The number of aryl methyl sites for hydroxylation is 1. The van der Waals surface area contributed by atoms with Gasteiger partial charge in [-0.1, -0.05) is 31.4 Å². The first-order valence-electron chi connectivity index (χ1n) is 7.58. The molecule has 0 spiro atoms. The SMILES string of the molecule is Cc1nc(-c2ccc(NCC3CCCCC3)cc2)co1. The van der Waals surface area contributed by atoms with Gasteiger partial charge in [0, 0.05) is 24.7 Å². The maximum atomic E-state index is 5.25. The molecule has 0 amide bonds. The molecule has 0 bridgehead atoms. The first kappa shape index (κ1) is 13.2. The molecule has 1 aromatic carbocycles. The summed E-state index contributed by atoms with van der Waals surface area (Å²) in [7, 11) is 0. The summed E-state index contributed by atoms with van der Waals surface area (Å²) in [6.07, 6.45) is 8.68. The Balaban J connectivity index is 1.58. The van der Waals surface area contributed by atoms with E-state index in [9.17, 15) is 0 Å². The topological polar surface area (TPSA) is 38.1 Å². The number of hydrogen-bond donors (Lipinski definition) is 1. The van der Waals surface area contributed by atoms with E-state index in [4.69, 9.17) is 4.42 Å². The average Bonchev–Trinajstić information content (AvgIpc) is 2.93. The molecule has 2 aromatic rings. The Morgan fingerprint density at radius 1 is 1.15 bits per heavy atom. The Kier molecular flexibility index (Phi) is 4.05. The predicted molar refractivity (Wildman–Crippen MR) is 81.7 cm³/mol. The van der Waals surface area contributed by atoms with Crippen molar-refractivity contribution in [2.75, 3.05) is 11.9 Å². The molecule has 1 aliphatic carbocycles. The normalized spacial score (nSPS) is 16.2. The Labute approximate surface area is 120 Å². The van der Waals surface area contributed by atoms with Crippen LogP contribution in [0.2, 0.25) is 0 Å². The van der Waals surface area contributed by atoms with E-state index in [1.165, 1.54) is 37.8 Å². The minimum atomic E-state index is 0.708. The number of nitrogens with one attached hydrogen (secondary N) is 1. The van der Waals surface area contributed by atoms with Gasteiger partial charge in [-0.2, -0.15) is 0 Å². The minimum Gasteiger partial charge on any atom is -0.449 e. The van der Waals surface area contributed by atoms with Gasteiger partial charge in [0.05, 0.1) is 0 Å². The molecule has 0 atom stereocenters. The van der Waals surface area contributed by atoms with Gasteiger partial charge in [0.2, 0.25) is 0 Å². The van der Waals surface area contributed by atoms with E-state index < -0.39 is 0 Å². The molecule has 1 N–H and O–H groups in total. The van der Waals surface area contributed by atoms with Crippen molar-refractivity contribution in [2.24, 2.45) is 5.92 Å². The zero-order valence-electron chi connectivity index (χ0n) is 12.1. The quantitative estimate of drug-likeness (QED) is 0.879. The fourth-order valence-corrected chi connectivity index (χ4v) is 2.91. The van der Waals surface area contributed by atoms with E-state index in [-0.39, 0.29) is 0 Å². The number of oxazole rings is 1. The van der Waals surface area contributed by atoms with Crippen molar-refractivity contribution in [2.45, 2.75) is 39.0 Å². The maximum absolute atomic E-state index is 5.25. The summed E-state index contributed by atoms with van der Waals surface area (Å²) in [6, 6.07) is 8.45. The van der Waals surface area contributed by atoms with Crippen molar-refractivity contribution < 1.29 is 4.42 Å². The van der Waals surface area contributed by atoms with Gasteiger partial charge in [-0.3, -0.25) is 0 Å². The van der Waals surface area contributed by atoms with E-state index in [1.54, 1.807) is 6.26 Å². The third kappa shape index (κ3) is 3.21. The van der Waals surface area contributed by atoms with Gasteiger partial charge in [0.25, 0.3) is 0 Å². The second-order valence-electron chi connectivity index (χ2n) is 5.71. The standard InChI is InChI=1S/C17H22N2O/c1-13-19-17(12-20-13)15-7-9-16(10-8-15)18-11-14-5-3-2-4-6-14/h7-10,12,14,18H,2-6,11H2,1H3. The molecule has 0 aliphatic heterocycles. The fraction of sp³-hybridized carbons (Fsp3) is 0.471. The molecular formula is C17H22N2O. The molecular weight excluding hydrogens is 248 g/mol. The third-order valence-electron chi connectivity index (χ3n) is 4.12. The Morgan fingerprint density at radius 2 is 1.90 bits per heavy atom. The van der Waals surface area contributed by atoms with Crippen molar-refractivity contribution in [3.8, 4) is 11.3 Å². The monoisotopic (exact) mass is 270 g/mol. The molecule has 1 aliphatic rings. The lowest BCUT2D eigenvalue weighted by molar-refractivity contribution is 0.373. The van der Waals surface area contributed by atoms with Gasteiger partial charge in [-0.25, -0.2) is 4.98 Å². The lowest BCUT2D eigenvalue weighted by Crippen LogP contribution is -2.16. The van der Waals surface area contributed by atoms with E-state index in [2.05, 4.69) is 34.6 Å². The van der Waals surface area contributed by atoms with E-state index in [0.717, 1.165) is 23.7 Å². The first-order chi connectivity index (χ1) is 9.81.